The molecule has 0 atom stereocenters. The topological polar surface area (TPSA) is 42.4 Å². The standard InChI is InChI=1S/C11H18N2O2S/c1-5-13(8(2)3)11-12-9(7-15-4)10(6-14)16-11/h6,8H,5,7H2,1-4H3. The van der Waals surface area contributed by atoms with Crippen LogP contribution in [0.15, 0.2) is 0 Å². The summed E-state index contributed by atoms with van der Waals surface area (Å²) in [7, 11) is 1.60. The quantitative estimate of drug-likeness (QED) is 0.718. The second-order valence-corrected chi connectivity index (χ2v) is 4.75. The van der Waals surface area contributed by atoms with E-state index >= 15 is 0 Å². The number of hydrogen-bond acceptors (Lipinski definition) is 5. The Hall–Kier alpha value is -0.940. The largest absolute Gasteiger partial charge is 0.378 e. The lowest BCUT2D eigenvalue weighted by atomic mass is 10.3. The maximum Gasteiger partial charge on any atom is 0.186 e. The highest BCUT2D eigenvalue weighted by Crippen LogP contribution is 2.26. The van der Waals surface area contributed by atoms with E-state index in [9.17, 15) is 4.79 Å². The lowest BCUT2D eigenvalue weighted by Gasteiger charge is -2.23. The van der Waals surface area contributed by atoms with Crippen LogP contribution in [0.2, 0.25) is 0 Å². The molecule has 5 heteroatoms. The van der Waals surface area contributed by atoms with E-state index in [1.54, 1.807) is 7.11 Å². The molecule has 0 unspecified atom stereocenters. The second kappa shape index (κ2) is 5.96. The van der Waals surface area contributed by atoms with E-state index in [-0.39, 0.29) is 0 Å². The smallest absolute Gasteiger partial charge is 0.186 e. The molecular formula is C11H18N2O2S. The van der Waals surface area contributed by atoms with Crippen molar-refractivity contribution in [2.75, 3.05) is 18.6 Å². The van der Waals surface area contributed by atoms with Crippen molar-refractivity contribution in [3.05, 3.63) is 10.6 Å². The molecule has 1 heterocycles. The Kier molecular flexibility index (Phi) is 4.89. The average Bonchev–Trinajstić information content (AvgIpc) is 2.62. The summed E-state index contributed by atoms with van der Waals surface area (Å²) in [6.45, 7) is 7.58. The van der Waals surface area contributed by atoms with Crippen LogP contribution in [0.4, 0.5) is 5.13 Å². The van der Waals surface area contributed by atoms with Gasteiger partial charge in [-0.1, -0.05) is 11.3 Å². The van der Waals surface area contributed by atoms with Gasteiger partial charge in [-0.05, 0) is 20.8 Å². The molecule has 0 radical (unpaired) electrons. The number of rotatable bonds is 6. The number of carbonyl (C=O) groups is 1. The third-order valence-corrected chi connectivity index (χ3v) is 3.37. The summed E-state index contributed by atoms with van der Waals surface area (Å²) in [5.74, 6) is 0. The number of methoxy groups -OCH3 is 1. The molecule has 1 rings (SSSR count). The van der Waals surface area contributed by atoms with Gasteiger partial charge in [0.1, 0.15) is 0 Å². The molecule has 0 amide bonds. The third-order valence-electron chi connectivity index (χ3n) is 2.31. The molecule has 0 aliphatic heterocycles. The molecule has 4 nitrogen and oxygen atoms in total. The Morgan fingerprint density at radius 3 is 2.69 bits per heavy atom. The number of aromatic nitrogens is 1. The minimum Gasteiger partial charge on any atom is -0.378 e. The number of anilines is 1. The van der Waals surface area contributed by atoms with Gasteiger partial charge in [0.25, 0.3) is 0 Å². The summed E-state index contributed by atoms with van der Waals surface area (Å²) < 4.78 is 5.02. The number of ether oxygens (including phenoxy) is 1. The van der Waals surface area contributed by atoms with Gasteiger partial charge in [-0.15, -0.1) is 0 Å². The number of hydrogen-bond donors (Lipinski definition) is 0. The fraction of sp³-hybridized carbons (Fsp3) is 0.636. The lowest BCUT2D eigenvalue weighted by Crippen LogP contribution is -2.30. The Balaban J connectivity index is 3.00. The average molecular weight is 242 g/mol. The van der Waals surface area contributed by atoms with Crippen LogP contribution in [0.5, 0.6) is 0 Å². The molecule has 0 aromatic carbocycles. The highest BCUT2D eigenvalue weighted by atomic mass is 32.1. The number of carbonyl (C=O) groups excluding carboxylic acids is 1. The van der Waals surface area contributed by atoms with Gasteiger partial charge in [-0.3, -0.25) is 4.79 Å². The van der Waals surface area contributed by atoms with Crippen molar-refractivity contribution >= 4 is 22.8 Å². The molecule has 90 valence electrons. The second-order valence-electron chi connectivity index (χ2n) is 3.74. The SMILES string of the molecule is CCN(c1nc(COC)c(C=O)s1)C(C)C. The molecule has 0 saturated heterocycles. The van der Waals surface area contributed by atoms with E-state index in [1.807, 2.05) is 0 Å². The van der Waals surface area contributed by atoms with Crippen molar-refractivity contribution in [3.8, 4) is 0 Å². The fourth-order valence-corrected chi connectivity index (χ4v) is 2.61. The van der Waals surface area contributed by atoms with Crippen LogP contribution < -0.4 is 4.90 Å². The molecule has 0 saturated carbocycles. The van der Waals surface area contributed by atoms with Crippen LogP contribution in [0.3, 0.4) is 0 Å². The van der Waals surface area contributed by atoms with Gasteiger partial charge >= 0.3 is 0 Å². The monoisotopic (exact) mass is 242 g/mol. The highest BCUT2D eigenvalue weighted by molar-refractivity contribution is 7.17. The Bertz CT molecular complexity index is 350. The van der Waals surface area contributed by atoms with Gasteiger partial charge < -0.3 is 9.64 Å². The molecule has 0 bridgehead atoms. The zero-order valence-corrected chi connectivity index (χ0v) is 11.0. The summed E-state index contributed by atoms with van der Waals surface area (Å²) in [5.41, 5.74) is 0.733. The van der Waals surface area contributed by atoms with E-state index in [4.69, 9.17) is 4.74 Å². The van der Waals surface area contributed by atoms with Crippen LogP contribution in [-0.4, -0.2) is 31.0 Å². The van der Waals surface area contributed by atoms with Crippen molar-refractivity contribution in [1.82, 2.24) is 4.98 Å². The molecule has 1 aromatic rings. The van der Waals surface area contributed by atoms with Gasteiger partial charge in [0.2, 0.25) is 0 Å². The molecular weight excluding hydrogens is 224 g/mol. The van der Waals surface area contributed by atoms with Crippen molar-refractivity contribution < 1.29 is 9.53 Å². The summed E-state index contributed by atoms with van der Waals surface area (Å²) >= 11 is 1.43. The number of thiazole rings is 1. The van der Waals surface area contributed by atoms with Crippen molar-refractivity contribution in [2.24, 2.45) is 0 Å². The third kappa shape index (κ3) is 2.80. The molecule has 0 spiro atoms. The Labute approximate surface area is 100 Å². The minimum absolute atomic E-state index is 0.381. The van der Waals surface area contributed by atoms with Gasteiger partial charge in [0.15, 0.2) is 11.4 Å². The lowest BCUT2D eigenvalue weighted by molar-refractivity contribution is 0.112. The van der Waals surface area contributed by atoms with Crippen LogP contribution in [0, 0.1) is 0 Å². The van der Waals surface area contributed by atoms with E-state index in [0.717, 1.165) is 23.7 Å². The summed E-state index contributed by atoms with van der Waals surface area (Å²) in [6.07, 6.45) is 0.851. The van der Waals surface area contributed by atoms with E-state index in [0.29, 0.717) is 17.5 Å². The van der Waals surface area contributed by atoms with Crippen molar-refractivity contribution in [3.63, 3.8) is 0 Å². The normalized spacial score (nSPS) is 10.8. The van der Waals surface area contributed by atoms with Gasteiger partial charge in [-0.2, -0.15) is 0 Å². The molecule has 1 aromatic heterocycles. The van der Waals surface area contributed by atoms with Crippen molar-refractivity contribution in [2.45, 2.75) is 33.4 Å². The number of aldehydes is 1. The molecule has 0 aliphatic rings. The highest BCUT2D eigenvalue weighted by Gasteiger charge is 2.16. The predicted molar refractivity (Wildman–Crippen MR) is 66.4 cm³/mol. The van der Waals surface area contributed by atoms with Crippen molar-refractivity contribution in [1.29, 1.82) is 0 Å². The van der Waals surface area contributed by atoms with Crippen LogP contribution in [0.25, 0.3) is 0 Å². The van der Waals surface area contributed by atoms with Crippen LogP contribution in [0.1, 0.15) is 36.1 Å². The molecule has 0 fully saturated rings. The van der Waals surface area contributed by atoms with E-state index < -0.39 is 0 Å². The van der Waals surface area contributed by atoms with Crippen LogP contribution >= 0.6 is 11.3 Å². The van der Waals surface area contributed by atoms with Gasteiger partial charge in [-0.25, -0.2) is 4.98 Å². The fourth-order valence-electron chi connectivity index (χ4n) is 1.53. The first kappa shape index (κ1) is 13.1. The Morgan fingerprint density at radius 1 is 1.56 bits per heavy atom. The Morgan fingerprint density at radius 2 is 2.25 bits per heavy atom. The van der Waals surface area contributed by atoms with E-state index in [2.05, 4.69) is 30.7 Å². The maximum absolute atomic E-state index is 10.9. The summed E-state index contributed by atoms with van der Waals surface area (Å²) in [4.78, 5) is 18.2. The van der Waals surface area contributed by atoms with Gasteiger partial charge in [0, 0.05) is 19.7 Å². The first-order valence-corrected chi connectivity index (χ1v) is 6.16. The molecule has 0 N–H and O–H groups in total. The zero-order chi connectivity index (χ0) is 12.1. The molecule has 16 heavy (non-hydrogen) atoms. The van der Waals surface area contributed by atoms with Gasteiger partial charge in [0.05, 0.1) is 17.2 Å². The predicted octanol–water partition coefficient (Wildman–Crippen LogP) is 2.34. The first-order chi connectivity index (χ1) is 7.63. The zero-order valence-electron chi connectivity index (χ0n) is 10.2. The van der Waals surface area contributed by atoms with E-state index in [1.165, 1.54) is 11.3 Å². The summed E-state index contributed by atoms with van der Waals surface area (Å²) in [5, 5.41) is 0.895. The minimum atomic E-state index is 0.381. The molecule has 0 aliphatic carbocycles. The number of nitrogens with zero attached hydrogens (tertiary/aromatic N) is 2. The summed E-state index contributed by atoms with van der Waals surface area (Å²) in [6, 6.07) is 0.381. The first-order valence-electron chi connectivity index (χ1n) is 5.34. The maximum atomic E-state index is 10.9. The van der Waals surface area contributed by atoms with Crippen LogP contribution in [-0.2, 0) is 11.3 Å².